The zero-order valence-corrected chi connectivity index (χ0v) is 13.6. The highest BCUT2D eigenvalue weighted by molar-refractivity contribution is 7.15. The summed E-state index contributed by atoms with van der Waals surface area (Å²) in [6.07, 6.45) is 3.32. The van der Waals surface area contributed by atoms with Crippen molar-refractivity contribution < 1.29 is 13.9 Å². The molecule has 0 bridgehead atoms. The van der Waals surface area contributed by atoms with Gasteiger partial charge in [-0.3, -0.25) is 4.79 Å². The van der Waals surface area contributed by atoms with Crippen molar-refractivity contribution in [1.82, 2.24) is 20.0 Å². The monoisotopic (exact) mass is 347 g/mol. The number of hydrogen-bond acceptors (Lipinski definition) is 6. The Hall–Kier alpha value is -2.81. The van der Waals surface area contributed by atoms with Crippen molar-refractivity contribution in [1.29, 1.82) is 0 Å². The predicted octanol–water partition coefficient (Wildman–Crippen LogP) is 2.40. The SMILES string of the molecule is Cc1cnc(NC(=O)Cn2cc(COc3ccc(F)cc3)nn2)s1. The molecule has 0 saturated heterocycles. The van der Waals surface area contributed by atoms with E-state index in [0.29, 0.717) is 16.6 Å². The molecule has 2 heterocycles. The van der Waals surface area contributed by atoms with Gasteiger partial charge in [-0.1, -0.05) is 5.21 Å². The maximum atomic E-state index is 12.8. The molecule has 3 aromatic rings. The summed E-state index contributed by atoms with van der Waals surface area (Å²) in [6.45, 7) is 2.12. The van der Waals surface area contributed by atoms with E-state index in [1.165, 1.54) is 40.3 Å². The smallest absolute Gasteiger partial charge is 0.247 e. The summed E-state index contributed by atoms with van der Waals surface area (Å²) in [6, 6.07) is 5.69. The van der Waals surface area contributed by atoms with Gasteiger partial charge < -0.3 is 10.1 Å². The van der Waals surface area contributed by atoms with Crippen LogP contribution in [0.1, 0.15) is 10.6 Å². The van der Waals surface area contributed by atoms with Crippen molar-refractivity contribution in [2.24, 2.45) is 0 Å². The molecule has 0 fully saturated rings. The number of thiazole rings is 1. The van der Waals surface area contributed by atoms with E-state index in [1.54, 1.807) is 12.4 Å². The molecule has 0 saturated carbocycles. The third kappa shape index (κ3) is 4.35. The molecule has 1 amide bonds. The van der Waals surface area contributed by atoms with E-state index >= 15 is 0 Å². The Labute approximate surface area is 141 Å². The third-order valence-corrected chi connectivity index (χ3v) is 3.79. The van der Waals surface area contributed by atoms with Crippen molar-refractivity contribution >= 4 is 22.4 Å². The largest absolute Gasteiger partial charge is 0.487 e. The number of carbonyl (C=O) groups is 1. The fourth-order valence-electron chi connectivity index (χ4n) is 1.89. The quantitative estimate of drug-likeness (QED) is 0.740. The van der Waals surface area contributed by atoms with Crippen LogP contribution in [-0.2, 0) is 17.9 Å². The zero-order valence-electron chi connectivity index (χ0n) is 12.8. The van der Waals surface area contributed by atoms with E-state index in [9.17, 15) is 9.18 Å². The average Bonchev–Trinajstić information content (AvgIpc) is 3.16. The number of benzene rings is 1. The zero-order chi connectivity index (χ0) is 16.9. The number of carbonyl (C=O) groups excluding carboxylic acids is 1. The first kappa shape index (κ1) is 16.1. The minimum absolute atomic E-state index is 0.0299. The fraction of sp³-hybridized carbons (Fsp3) is 0.200. The van der Waals surface area contributed by atoms with Gasteiger partial charge in [-0.15, -0.1) is 16.4 Å². The van der Waals surface area contributed by atoms with E-state index in [-0.39, 0.29) is 24.9 Å². The van der Waals surface area contributed by atoms with Gasteiger partial charge in [0.05, 0.1) is 6.20 Å². The van der Waals surface area contributed by atoms with Gasteiger partial charge in [-0.25, -0.2) is 14.1 Å². The second kappa shape index (κ2) is 7.18. The molecular weight excluding hydrogens is 333 g/mol. The first-order chi connectivity index (χ1) is 11.6. The van der Waals surface area contributed by atoms with Gasteiger partial charge in [0.2, 0.25) is 5.91 Å². The minimum atomic E-state index is -0.324. The Balaban J connectivity index is 1.51. The van der Waals surface area contributed by atoms with E-state index in [2.05, 4.69) is 20.6 Å². The predicted molar refractivity (Wildman–Crippen MR) is 86.2 cm³/mol. The number of nitrogens with one attached hydrogen (secondary N) is 1. The topological polar surface area (TPSA) is 81.9 Å². The molecule has 3 rings (SSSR count). The molecule has 0 atom stereocenters. The van der Waals surface area contributed by atoms with Crippen LogP contribution in [0, 0.1) is 12.7 Å². The molecule has 0 aliphatic carbocycles. The molecule has 124 valence electrons. The second-order valence-corrected chi connectivity index (χ2v) is 6.21. The highest BCUT2D eigenvalue weighted by Gasteiger charge is 2.09. The summed E-state index contributed by atoms with van der Waals surface area (Å²) in [7, 11) is 0. The van der Waals surface area contributed by atoms with E-state index in [4.69, 9.17) is 4.74 Å². The van der Waals surface area contributed by atoms with Crippen LogP contribution in [0.3, 0.4) is 0 Å². The van der Waals surface area contributed by atoms with Gasteiger partial charge in [0.25, 0.3) is 0 Å². The molecule has 2 aromatic heterocycles. The molecule has 0 radical (unpaired) electrons. The molecule has 0 aliphatic rings. The van der Waals surface area contributed by atoms with Gasteiger partial charge >= 0.3 is 0 Å². The molecule has 0 unspecified atom stereocenters. The van der Waals surface area contributed by atoms with E-state index < -0.39 is 0 Å². The number of ether oxygens (including phenoxy) is 1. The second-order valence-electron chi connectivity index (χ2n) is 4.97. The lowest BCUT2D eigenvalue weighted by Crippen LogP contribution is -2.19. The molecule has 7 nitrogen and oxygen atoms in total. The molecular formula is C15H14FN5O2S. The molecule has 24 heavy (non-hydrogen) atoms. The summed E-state index contributed by atoms with van der Waals surface area (Å²) in [5, 5.41) is 11.1. The van der Waals surface area contributed by atoms with Gasteiger partial charge in [-0.2, -0.15) is 0 Å². The summed E-state index contributed by atoms with van der Waals surface area (Å²) < 4.78 is 19.7. The number of hydrogen-bond donors (Lipinski definition) is 1. The summed E-state index contributed by atoms with van der Waals surface area (Å²) >= 11 is 1.40. The Morgan fingerprint density at radius 3 is 2.88 bits per heavy atom. The van der Waals surface area contributed by atoms with Crippen molar-refractivity contribution in [2.45, 2.75) is 20.1 Å². The lowest BCUT2D eigenvalue weighted by Gasteiger charge is -2.03. The first-order valence-electron chi connectivity index (χ1n) is 7.08. The first-order valence-corrected chi connectivity index (χ1v) is 7.90. The average molecular weight is 347 g/mol. The van der Waals surface area contributed by atoms with Crippen molar-refractivity contribution in [3.63, 3.8) is 0 Å². The van der Waals surface area contributed by atoms with E-state index in [1.807, 2.05) is 6.92 Å². The number of nitrogens with zero attached hydrogens (tertiary/aromatic N) is 4. The molecule has 1 N–H and O–H groups in total. The standard InChI is InChI=1S/C15H14FN5O2S/c1-10-6-17-15(24-10)18-14(22)8-21-7-12(19-20-21)9-23-13-4-2-11(16)3-5-13/h2-7H,8-9H2,1H3,(H,17,18,22). The maximum Gasteiger partial charge on any atom is 0.247 e. The van der Waals surface area contributed by atoms with Crippen LogP contribution >= 0.6 is 11.3 Å². The molecule has 1 aromatic carbocycles. The molecule has 0 spiro atoms. The van der Waals surface area contributed by atoms with Crippen LogP contribution in [0.25, 0.3) is 0 Å². The number of rotatable bonds is 6. The van der Waals surface area contributed by atoms with Crippen LogP contribution in [0.5, 0.6) is 5.75 Å². The van der Waals surface area contributed by atoms with Crippen LogP contribution in [-0.4, -0.2) is 25.9 Å². The normalized spacial score (nSPS) is 10.6. The highest BCUT2D eigenvalue weighted by atomic mass is 32.1. The third-order valence-electron chi connectivity index (χ3n) is 2.96. The van der Waals surface area contributed by atoms with Crippen molar-refractivity contribution in [3.05, 3.63) is 53.0 Å². The Bertz CT molecular complexity index is 831. The molecule has 0 aliphatic heterocycles. The molecule has 9 heteroatoms. The van der Waals surface area contributed by atoms with Crippen LogP contribution in [0.2, 0.25) is 0 Å². The van der Waals surface area contributed by atoms with Crippen LogP contribution in [0.15, 0.2) is 36.7 Å². The number of anilines is 1. The van der Waals surface area contributed by atoms with E-state index in [0.717, 1.165) is 4.88 Å². The van der Waals surface area contributed by atoms with Crippen molar-refractivity contribution in [2.75, 3.05) is 5.32 Å². The Morgan fingerprint density at radius 2 is 2.17 bits per heavy atom. The number of aryl methyl sites for hydroxylation is 1. The fourth-order valence-corrected chi connectivity index (χ4v) is 2.57. The summed E-state index contributed by atoms with van der Waals surface area (Å²) in [5.41, 5.74) is 0.567. The van der Waals surface area contributed by atoms with Crippen molar-refractivity contribution in [3.8, 4) is 5.75 Å². The van der Waals surface area contributed by atoms with Gasteiger partial charge in [-0.05, 0) is 31.2 Å². The van der Waals surface area contributed by atoms with Gasteiger partial charge in [0.15, 0.2) is 5.13 Å². The number of aromatic nitrogens is 4. The maximum absolute atomic E-state index is 12.8. The minimum Gasteiger partial charge on any atom is -0.487 e. The lowest BCUT2D eigenvalue weighted by atomic mass is 10.3. The van der Waals surface area contributed by atoms with Crippen LogP contribution in [0.4, 0.5) is 9.52 Å². The number of halogens is 1. The Morgan fingerprint density at radius 1 is 1.38 bits per heavy atom. The summed E-state index contributed by atoms with van der Waals surface area (Å²) in [4.78, 5) is 17.0. The number of amides is 1. The summed E-state index contributed by atoms with van der Waals surface area (Å²) in [5.74, 6) is -0.0298. The van der Waals surface area contributed by atoms with Gasteiger partial charge in [0, 0.05) is 11.1 Å². The van der Waals surface area contributed by atoms with Gasteiger partial charge in [0.1, 0.15) is 30.4 Å². The lowest BCUT2D eigenvalue weighted by molar-refractivity contribution is -0.116. The van der Waals surface area contributed by atoms with Crippen LogP contribution < -0.4 is 10.1 Å². The highest BCUT2D eigenvalue weighted by Crippen LogP contribution is 2.16. The Kier molecular flexibility index (Phi) is 4.80.